The van der Waals surface area contributed by atoms with Crippen LogP contribution in [-0.4, -0.2) is 46.7 Å². The number of hydrogen-bond acceptors (Lipinski definition) is 5. The van der Waals surface area contributed by atoms with E-state index in [0.717, 1.165) is 0 Å². The van der Waals surface area contributed by atoms with Crippen molar-refractivity contribution in [3.8, 4) is 0 Å². The molecule has 1 atom stereocenters. The zero-order valence-electron chi connectivity index (χ0n) is 18.0. The standard InChI is InChI=1S/C21H32N2O5/c1-13(2)23(14(3)4)18(24)15(5)27-19(25)16-10-9-11-17(12-16)22-20(26)28-21(6,7)8/h9-15H,1-8H3,(H,22,26)/t15-/m0/s1. The average Bonchev–Trinajstić information content (AvgIpc) is 2.52. The molecule has 0 bridgehead atoms. The van der Waals surface area contributed by atoms with Gasteiger partial charge in [-0.3, -0.25) is 10.1 Å². The summed E-state index contributed by atoms with van der Waals surface area (Å²) >= 11 is 0. The third kappa shape index (κ3) is 7.21. The summed E-state index contributed by atoms with van der Waals surface area (Å²) in [6, 6.07) is 6.28. The van der Waals surface area contributed by atoms with Crippen LogP contribution in [0.4, 0.5) is 10.5 Å². The van der Waals surface area contributed by atoms with Gasteiger partial charge in [0.15, 0.2) is 6.10 Å². The highest BCUT2D eigenvalue weighted by atomic mass is 16.6. The van der Waals surface area contributed by atoms with Crippen molar-refractivity contribution in [2.45, 2.75) is 79.2 Å². The number of anilines is 1. The summed E-state index contributed by atoms with van der Waals surface area (Å²) in [6.45, 7) is 14.5. The Morgan fingerprint density at radius 1 is 1.00 bits per heavy atom. The second kappa shape index (κ2) is 9.57. The summed E-state index contributed by atoms with van der Waals surface area (Å²) in [5, 5.41) is 2.57. The summed E-state index contributed by atoms with van der Waals surface area (Å²) in [5.74, 6) is -0.887. The van der Waals surface area contributed by atoms with Gasteiger partial charge in [0.25, 0.3) is 5.91 Å². The molecule has 1 aromatic rings. The molecule has 1 N–H and O–H groups in total. The molecule has 0 fully saturated rings. The van der Waals surface area contributed by atoms with E-state index in [1.165, 1.54) is 6.07 Å². The van der Waals surface area contributed by atoms with E-state index in [2.05, 4.69) is 5.32 Å². The summed E-state index contributed by atoms with van der Waals surface area (Å²) in [4.78, 5) is 38.6. The van der Waals surface area contributed by atoms with Gasteiger partial charge in [0.2, 0.25) is 0 Å². The van der Waals surface area contributed by atoms with Crippen molar-refractivity contribution in [3.05, 3.63) is 29.8 Å². The maximum atomic E-state index is 12.6. The molecular weight excluding hydrogens is 360 g/mol. The number of amides is 2. The molecule has 0 unspecified atom stereocenters. The minimum atomic E-state index is -0.917. The zero-order valence-corrected chi connectivity index (χ0v) is 18.0. The molecule has 0 aliphatic rings. The monoisotopic (exact) mass is 392 g/mol. The van der Waals surface area contributed by atoms with Crippen LogP contribution in [0.15, 0.2) is 24.3 Å². The Morgan fingerprint density at radius 2 is 1.57 bits per heavy atom. The van der Waals surface area contributed by atoms with E-state index >= 15 is 0 Å². The smallest absolute Gasteiger partial charge is 0.412 e. The van der Waals surface area contributed by atoms with Crippen molar-refractivity contribution in [2.75, 3.05) is 5.32 Å². The van der Waals surface area contributed by atoms with Gasteiger partial charge in [-0.05, 0) is 73.6 Å². The predicted molar refractivity (Wildman–Crippen MR) is 108 cm³/mol. The maximum absolute atomic E-state index is 12.6. The van der Waals surface area contributed by atoms with Gasteiger partial charge in [-0.15, -0.1) is 0 Å². The van der Waals surface area contributed by atoms with Crippen molar-refractivity contribution in [1.29, 1.82) is 0 Å². The van der Waals surface area contributed by atoms with Crippen LogP contribution in [0, 0.1) is 0 Å². The molecule has 1 aromatic carbocycles. The number of rotatable bonds is 6. The summed E-state index contributed by atoms with van der Waals surface area (Å²) in [7, 11) is 0. The van der Waals surface area contributed by atoms with Crippen molar-refractivity contribution in [2.24, 2.45) is 0 Å². The molecule has 0 saturated heterocycles. The van der Waals surface area contributed by atoms with E-state index in [0.29, 0.717) is 5.69 Å². The number of esters is 1. The Bertz CT molecular complexity index is 699. The van der Waals surface area contributed by atoms with Crippen LogP contribution >= 0.6 is 0 Å². The molecule has 7 heteroatoms. The lowest BCUT2D eigenvalue weighted by atomic mass is 10.2. The van der Waals surface area contributed by atoms with Crippen LogP contribution in [0.1, 0.15) is 65.7 Å². The Kier molecular flexibility index (Phi) is 8.02. The van der Waals surface area contributed by atoms with E-state index in [1.807, 2.05) is 27.7 Å². The number of nitrogens with one attached hydrogen (secondary N) is 1. The maximum Gasteiger partial charge on any atom is 0.412 e. The first-order valence-electron chi connectivity index (χ1n) is 9.45. The van der Waals surface area contributed by atoms with E-state index in [-0.39, 0.29) is 23.6 Å². The third-order valence-electron chi connectivity index (χ3n) is 3.74. The Labute approximate surface area is 167 Å². The Balaban J connectivity index is 2.82. The van der Waals surface area contributed by atoms with Crippen LogP contribution in [0.3, 0.4) is 0 Å². The lowest BCUT2D eigenvalue weighted by molar-refractivity contribution is -0.143. The van der Waals surface area contributed by atoms with Crippen LogP contribution < -0.4 is 5.32 Å². The second-order valence-corrected chi connectivity index (χ2v) is 8.19. The molecule has 0 saturated carbocycles. The van der Waals surface area contributed by atoms with Gasteiger partial charge < -0.3 is 14.4 Å². The van der Waals surface area contributed by atoms with E-state index in [4.69, 9.17) is 9.47 Å². The van der Waals surface area contributed by atoms with E-state index in [9.17, 15) is 14.4 Å². The van der Waals surface area contributed by atoms with Crippen LogP contribution in [0.5, 0.6) is 0 Å². The van der Waals surface area contributed by atoms with E-state index in [1.54, 1.807) is 50.8 Å². The number of hydrogen-bond donors (Lipinski definition) is 1. The average molecular weight is 392 g/mol. The van der Waals surface area contributed by atoms with Gasteiger partial charge in [-0.2, -0.15) is 0 Å². The topological polar surface area (TPSA) is 84.9 Å². The first kappa shape index (κ1) is 23.5. The molecule has 0 radical (unpaired) electrons. The second-order valence-electron chi connectivity index (χ2n) is 8.19. The van der Waals surface area contributed by atoms with E-state index < -0.39 is 23.8 Å². The number of benzene rings is 1. The Morgan fingerprint density at radius 3 is 2.07 bits per heavy atom. The molecule has 0 aromatic heterocycles. The lowest BCUT2D eigenvalue weighted by Crippen LogP contribution is -2.47. The number of carbonyl (C=O) groups excluding carboxylic acids is 3. The molecule has 0 aliphatic heterocycles. The first-order valence-corrected chi connectivity index (χ1v) is 9.45. The quantitative estimate of drug-likeness (QED) is 0.733. The number of ether oxygens (including phenoxy) is 2. The third-order valence-corrected chi connectivity index (χ3v) is 3.74. The first-order chi connectivity index (χ1) is 12.8. The Hall–Kier alpha value is -2.57. The molecule has 2 amide bonds. The largest absolute Gasteiger partial charge is 0.449 e. The van der Waals surface area contributed by atoms with Crippen LogP contribution in [-0.2, 0) is 14.3 Å². The highest BCUT2D eigenvalue weighted by Crippen LogP contribution is 2.16. The predicted octanol–water partition coefficient (Wildman–Crippen LogP) is 4.22. The van der Waals surface area contributed by atoms with Gasteiger partial charge in [-0.1, -0.05) is 6.07 Å². The molecule has 0 heterocycles. The van der Waals surface area contributed by atoms with Gasteiger partial charge in [-0.25, -0.2) is 9.59 Å². The molecule has 0 spiro atoms. The normalized spacial score (nSPS) is 12.5. The fraction of sp³-hybridized carbons (Fsp3) is 0.571. The minimum Gasteiger partial charge on any atom is -0.449 e. The van der Waals surface area contributed by atoms with Crippen LogP contribution in [0.25, 0.3) is 0 Å². The zero-order chi connectivity index (χ0) is 21.6. The molecular formula is C21H32N2O5. The fourth-order valence-electron chi connectivity index (χ4n) is 2.74. The summed E-state index contributed by atoms with van der Waals surface area (Å²) in [5.41, 5.74) is -0.00251. The van der Waals surface area contributed by atoms with Crippen molar-refractivity contribution in [1.82, 2.24) is 4.90 Å². The summed E-state index contributed by atoms with van der Waals surface area (Å²) in [6.07, 6.45) is -1.54. The fourth-order valence-corrected chi connectivity index (χ4v) is 2.74. The molecule has 28 heavy (non-hydrogen) atoms. The molecule has 0 aliphatic carbocycles. The molecule has 7 nitrogen and oxygen atoms in total. The van der Waals surface area contributed by atoms with Crippen LogP contribution in [0.2, 0.25) is 0 Å². The van der Waals surface area contributed by atoms with Gasteiger partial charge in [0.1, 0.15) is 5.60 Å². The minimum absolute atomic E-state index is 0.00462. The van der Waals surface area contributed by atoms with Crippen molar-refractivity contribution < 1.29 is 23.9 Å². The molecule has 156 valence electrons. The number of nitrogens with zero attached hydrogens (tertiary/aromatic N) is 1. The van der Waals surface area contributed by atoms with Gasteiger partial charge in [0.05, 0.1) is 5.56 Å². The lowest BCUT2D eigenvalue weighted by Gasteiger charge is -2.32. The number of carbonyl (C=O) groups is 3. The SMILES string of the molecule is CC(C)N(C(=O)[C@H](C)OC(=O)c1cccc(NC(=O)OC(C)(C)C)c1)C(C)C. The van der Waals surface area contributed by atoms with Gasteiger partial charge in [0, 0.05) is 17.8 Å². The van der Waals surface area contributed by atoms with Crippen molar-refractivity contribution in [3.63, 3.8) is 0 Å². The highest BCUT2D eigenvalue weighted by Gasteiger charge is 2.28. The highest BCUT2D eigenvalue weighted by molar-refractivity contribution is 5.94. The molecule has 1 rings (SSSR count). The van der Waals surface area contributed by atoms with Gasteiger partial charge >= 0.3 is 12.1 Å². The van der Waals surface area contributed by atoms with Crippen molar-refractivity contribution >= 4 is 23.7 Å². The summed E-state index contributed by atoms with van der Waals surface area (Å²) < 4.78 is 10.5.